The molecular weight excluding hydrogens is 282 g/mol. The summed E-state index contributed by atoms with van der Waals surface area (Å²) in [5, 5.41) is 3.14. The lowest BCUT2D eigenvalue weighted by molar-refractivity contribution is -0.141. The van der Waals surface area contributed by atoms with E-state index in [4.69, 9.17) is 4.74 Å². The van der Waals surface area contributed by atoms with Crippen LogP contribution in [0.15, 0.2) is 0 Å². The van der Waals surface area contributed by atoms with Crippen molar-refractivity contribution >= 4 is 24.2 Å². The van der Waals surface area contributed by atoms with E-state index in [1.165, 1.54) is 17.7 Å². The van der Waals surface area contributed by atoms with Crippen molar-refractivity contribution in [3.8, 4) is 0 Å². The first-order chi connectivity index (χ1) is 9.16. The van der Waals surface area contributed by atoms with Crippen molar-refractivity contribution in [3.63, 3.8) is 0 Å². The molecule has 1 saturated heterocycles. The molecule has 0 unspecified atom stereocenters. The molecule has 0 bridgehead atoms. The Kier molecular flexibility index (Phi) is 7.26. The monoisotopic (exact) mass is 305 g/mol. The number of ether oxygens (including phenoxy) is 1. The Hall–Kier alpha value is -0.850. The largest absolute Gasteiger partial charge is 0.378 e. The number of halogens is 1. The summed E-state index contributed by atoms with van der Waals surface area (Å²) in [5.74, 6) is 0.733. The zero-order chi connectivity index (χ0) is 13.7. The molecule has 0 aromatic carbocycles. The van der Waals surface area contributed by atoms with Gasteiger partial charge in [0, 0.05) is 20.1 Å². The quantitative estimate of drug-likeness (QED) is 0.733. The molecule has 1 heterocycles. The average molecular weight is 306 g/mol. The van der Waals surface area contributed by atoms with Crippen LogP contribution in [-0.4, -0.2) is 74.6 Å². The highest BCUT2D eigenvalue weighted by Crippen LogP contribution is 2.27. The number of amides is 2. The van der Waals surface area contributed by atoms with E-state index in [9.17, 15) is 9.59 Å². The van der Waals surface area contributed by atoms with Crippen LogP contribution in [0.4, 0.5) is 0 Å². The Morgan fingerprint density at radius 2 is 1.95 bits per heavy atom. The van der Waals surface area contributed by atoms with Gasteiger partial charge < -0.3 is 19.9 Å². The molecular formula is C13H24ClN3O3. The van der Waals surface area contributed by atoms with Crippen LogP contribution in [0.1, 0.15) is 12.8 Å². The summed E-state index contributed by atoms with van der Waals surface area (Å²) in [6.07, 6.45) is 2.54. The highest BCUT2D eigenvalue weighted by atomic mass is 35.5. The van der Waals surface area contributed by atoms with Gasteiger partial charge in [0.25, 0.3) is 0 Å². The predicted octanol–water partition coefficient (Wildman–Crippen LogP) is -0.275. The number of carbonyl (C=O) groups excluding carboxylic acids is 2. The van der Waals surface area contributed by atoms with Crippen LogP contribution in [0.3, 0.4) is 0 Å². The highest BCUT2D eigenvalue weighted by molar-refractivity contribution is 5.85. The Bertz CT molecular complexity index is 331. The van der Waals surface area contributed by atoms with Crippen molar-refractivity contribution < 1.29 is 14.3 Å². The molecule has 2 fully saturated rings. The molecule has 2 amide bonds. The summed E-state index contributed by atoms with van der Waals surface area (Å²) in [5.41, 5.74) is 0. The number of hydrogen-bond acceptors (Lipinski definition) is 4. The fourth-order valence-electron chi connectivity index (χ4n) is 2.04. The molecule has 1 saturated carbocycles. The normalized spacial score (nSPS) is 18.4. The third-order valence-electron chi connectivity index (χ3n) is 3.57. The molecule has 0 radical (unpaired) electrons. The van der Waals surface area contributed by atoms with Gasteiger partial charge in [-0.2, -0.15) is 0 Å². The Morgan fingerprint density at radius 1 is 1.30 bits per heavy atom. The zero-order valence-electron chi connectivity index (χ0n) is 12.0. The van der Waals surface area contributed by atoms with E-state index in [1.807, 2.05) is 0 Å². The molecule has 6 nitrogen and oxygen atoms in total. The van der Waals surface area contributed by atoms with Crippen molar-refractivity contribution in [2.45, 2.75) is 12.8 Å². The first-order valence-electron chi connectivity index (χ1n) is 6.97. The number of morpholine rings is 1. The fourth-order valence-corrected chi connectivity index (χ4v) is 2.04. The number of carbonyl (C=O) groups is 2. The molecule has 0 atom stereocenters. The molecule has 20 heavy (non-hydrogen) atoms. The minimum atomic E-state index is -0.0257. The van der Waals surface area contributed by atoms with Gasteiger partial charge in [0.2, 0.25) is 11.8 Å². The summed E-state index contributed by atoms with van der Waals surface area (Å²) in [4.78, 5) is 27.0. The van der Waals surface area contributed by atoms with E-state index in [-0.39, 0.29) is 30.8 Å². The van der Waals surface area contributed by atoms with Crippen molar-refractivity contribution in [1.82, 2.24) is 15.1 Å². The van der Waals surface area contributed by atoms with Gasteiger partial charge in [-0.15, -0.1) is 12.4 Å². The van der Waals surface area contributed by atoms with Crippen molar-refractivity contribution in [2.24, 2.45) is 5.92 Å². The van der Waals surface area contributed by atoms with Crippen LogP contribution in [0, 0.1) is 5.92 Å². The van der Waals surface area contributed by atoms with E-state index in [2.05, 4.69) is 5.32 Å². The summed E-state index contributed by atoms with van der Waals surface area (Å²) in [7, 11) is 1.68. The molecule has 7 heteroatoms. The van der Waals surface area contributed by atoms with Crippen LogP contribution in [0.25, 0.3) is 0 Å². The lowest BCUT2D eigenvalue weighted by atomic mass is 10.3. The van der Waals surface area contributed by atoms with E-state index in [0.29, 0.717) is 32.8 Å². The number of nitrogens with zero attached hydrogens (tertiary/aromatic N) is 2. The van der Waals surface area contributed by atoms with Gasteiger partial charge in [0.05, 0.1) is 26.3 Å². The maximum absolute atomic E-state index is 12.0. The molecule has 2 aliphatic rings. The topological polar surface area (TPSA) is 61.9 Å². The van der Waals surface area contributed by atoms with Crippen LogP contribution in [0.2, 0.25) is 0 Å². The van der Waals surface area contributed by atoms with Gasteiger partial charge in [-0.1, -0.05) is 0 Å². The number of rotatable bonds is 6. The predicted molar refractivity (Wildman–Crippen MR) is 77.9 cm³/mol. The van der Waals surface area contributed by atoms with Crippen LogP contribution >= 0.6 is 12.4 Å². The first-order valence-corrected chi connectivity index (χ1v) is 6.97. The Morgan fingerprint density at radius 3 is 2.55 bits per heavy atom. The zero-order valence-corrected chi connectivity index (χ0v) is 12.8. The standard InChI is InChI=1S/C13H23N3O3.ClH/c1-15(12(17)9-14-8-11-2-3-11)10-13(18)16-4-6-19-7-5-16;/h11,14H,2-10H2,1H3;1H. The second kappa shape index (κ2) is 8.44. The van der Waals surface area contributed by atoms with E-state index in [1.54, 1.807) is 11.9 Å². The Balaban J connectivity index is 0.00000200. The first kappa shape index (κ1) is 17.2. The summed E-state index contributed by atoms with van der Waals surface area (Å²) in [6, 6.07) is 0. The third kappa shape index (κ3) is 5.64. The van der Waals surface area contributed by atoms with Gasteiger partial charge in [-0.3, -0.25) is 9.59 Å². The van der Waals surface area contributed by atoms with Crippen LogP contribution < -0.4 is 5.32 Å². The SMILES string of the molecule is CN(CC(=O)N1CCOCC1)C(=O)CNCC1CC1.Cl. The molecule has 2 rings (SSSR count). The number of likely N-dealkylation sites (N-methyl/N-ethyl adjacent to an activating group) is 1. The smallest absolute Gasteiger partial charge is 0.242 e. The Labute approximate surface area is 126 Å². The van der Waals surface area contributed by atoms with Crippen molar-refractivity contribution in [3.05, 3.63) is 0 Å². The maximum atomic E-state index is 12.0. The van der Waals surface area contributed by atoms with Gasteiger partial charge in [-0.05, 0) is 25.3 Å². The van der Waals surface area contributed by atoms with Crippen molar-refractivity contribution in [1.29, 1.82) is 0 Å². The molecule has 0 aromatic heterocycles. The summed E-state index contributed by atoms with van der Waals surface area (Å²) in [6.45, 7) is 3.82. The molecule has 116 valence electrons. The minimum absolute atomic E-state index is 0. The average Bonchev–Trinajstić information content (AvgIpc) is 3.23. The maximum Gasteiger partial charge on any atom is 0.242 e. The van der Waals surface area contributed by atoms with Crippen molar-refractivity contribution in [2.75, 3.05) is 53.0 Å². The van der Waals surface area contributed by atoms with Gasteiger partial charge >= 0.3 is 0 Å². The van der Waals surface area contributed by atoms with Gasteiger partial charge in [0.15, 0.2) is 0 Å². The van der Waals surface area contributed by atoms with E-state index in [0.717, 1.165) is 12.5 Å². The second-order valence-electron chi connectivity index (χ2n) is 5.32. The second-order valence-corrected chi connectivity index (χ2v) is 5.32. The molecule has 0 aromatic rings. The van der Waals surface area contributed by atoms with E-state index >= 15 is 0 Å². The fraction of sp³-hybridized carbons (Fsp3) is 0.846. The number of nitrogens with one attached hydrogen (secondary N) is 1. The molecule has 1 aliphatic carbocycles. The molecule has 1 N–H and O–H groups in total. The summed E-state index contributed by atoms with van der Waals surface area (Å²) < 4.78 is 5.20. The number of hydrogen-bond donors (Lipinski definition) is 1. The third-order valence-corrected chi connectivity index (χ3v) is 3.57. The highest BCUT2D eigenvalue weighted by Gasteiger charge is 2.22. The van der Waals surface area contributed by atoms with E-state index < -0.39 is 0 Å². The minimum Gasteiger partial charge on any atom is -0.378 e. The van der Waals surface area contributed by atoms with Crippen LogP contribution in [0.5, 0.6) is 0 Å². The van der Waals surface area contributed by atoms with Gasteiger partial charge in [0.1, 0.15) is 0 Å². The van der Waals surface area contributed by atoms with Crippen LogP contribution in [-0.2, 0) is 14.3 Å². The lowest BCUT2D eigenvalue weighted by Crippen LogP contribution is -2.47. The lowest BCUT2D eigenvalue weighted by Gasteiger charge is -2.28. The summed E-state index contributed by atoms with van der Waals surface area (Å²) >= 11 is 0. The molecule has 1 aliphatic heterocycles. The van der Waals surface area contributed by atoms with Gasteiger partial charge in [-0.25, -0.2) is 0 Å². The molecule has 0 spiro atoms.